The molecule has 0 aliphatic carbocycles. The van der Waals surface area contributed by atoms with E-state index in [1.54, 1.807) is 44.2 Å². The number of aliphatic carboxylic acids is 1. The minimum atomic E-state index is -1.21. The lowest BCUT2D eigenvalue weighted by Gasteiger charge is -2.27. The number of nitrogens with one attached hydrogen (secondary N) is 3. The van der Waals surface area contributed by atoms with E-state index in [1.807, 2.05) is 13.8 Å². The van der Waals surface area contributed by atoms with Crippen LogP contribution >= 0.6 is 0 Å². The molecule has 0 saturated carbocycles. The standard InChI is InChI=1S/C24H37N5O6/c1-13(2)10-17(27-21(31)16(25)12-19(26)30)22(32)29-20(14(3)4)23(33)28-18(24(34)35)11-15-8-6-5-7-9-15/h5-9,13-14,16-18,20H,10-12,25H2,1-4H3,(H2,26,30)(H,27,31)(H,28,33)(H,29,32)(H,34,35). The van der Waals surface area contributed by atoms with Crippen molar-refractivity contribution in [1.29, 1.82) is 0 Å². The van der Waals surface area contributed by atoms with Crippen LogP contribution in [0.25, 0.3) is 0 Å². The lowest BCUT2D eigenvalue weighted by atomic mass is 9.98. The summed E-state index contributed by atoms with van der Waals surface area (Å²) in [7, 11) is 0. The summed E-state index contributed by atoms with van der Waals surface area (Å²) in [5, 5.41) is 17.2. The number of hydrogen-bond donors (Lipinski definition) is 6. The van der Waals surface area contributed by atoms with Crippen molar-refractivity contribution in [2.45, 2.75) is 71.1 Å². The Morgan fingerprint density at radius 3 is 1.91 bits per heavy atom. The highest BCUT2D eigenvalue weighted by molar-refractivity contribution is 5.95. The largest absolute Gasteiger partial charge is 0.480 e. The smallest absolute Gasteiger partial charge is 0.326 e. The summed E-state index contributed by atoms with van der Waals surface area (Å²) in [6.45, 7) is 7.11. The summed E-state index contributed by atoms with van der Waals surface area (Å²) in [6.07, 6.45) is -0.0552. The molecule has 4 unspecified atom stereocenters. The van der Waals surface area contributed by atoms with Crippen molar-refractivity contribution in [1.82, 2.24) is 16.0 Å². The summed E-state index contributed by atoms with van der Waals surface area (Å²) in [4.78, 5) is 61.2. The van der Waals surface area contributed by atoms with Gasteiger partial charge in [0.15, 0.2) is 0 Å². The lowest BCUT2D eigenvalue weighted by molar-refractivity contribution is -0.142. The van der Waals surface area contributed by atoms with Crippen LogP contribution in [0.2, 0.25) is 0 Å². The zero-order chi connectivity index (χ0) is 26.7. The molecule has 11 heteroatoms. The van der Waals surface area contributed by atoms with Crippen molar-refractivity contribution in [3.63, 3.8) is 0 Å². The van der Waals surface area contributed by atoms with Gasteiger partial charge in [0, 0.05) is 6.42 Å². The van der Waals surface area contributed by atoms with Crippen LogP contribution in [-0.4, -0.2) is 58.9 Å². The van der Waals surface area contributed by atoms with Gasteiger partial charge in [0.25, 0.3) is 0 Å². The van der Waals surface area contributed by atoms with Gasteiger partial charge in [-0.2, -0.15) is 0 Å². The van der Waals surface area contributed by atoms with E-state index >= 15 is 0 Å². The van der Waals surface area contributed by atoms with E-state index in [-0.39, 0.29) is 31.1 Å². The van der Waals surface area contributed by atoms with Crippen LogP contribution in [0.5, 0.6) is 0 Å². The molecule has 194 valence electrons. The number of carbonyl (C=O) groups is 5. The van der Waals surface area contributed by atoms with Crippen LogP contribution in [0.15, 0.2) is 30.3 Å². The van der Waals surface area contributed by atoms with Gasteiger partial charge in [0.05, 0.1) is 12.5 Å². The van der Waals surface area contributed by atoms with Crippen LogP contribution in [0.3, 0.4) is 0 Å². The maximum atomic E-state index is 13.0. The first kappa shape index (κ1) is 29.6. The summed E-state index contributed by atoms with van der Waals surface area (Å²) in [6, 6.07) is 4.38. The Kier molecular flexibility index (Phi) is 11.9. The number of carbonyl (C=O) groups excluding carboxylic acids is 4. The van der Waals surface area contributed by atoms with Crippen LogP contribution in [0.1, 0.15) is 46.1 Å². The molecule has 1 aromatic rings. The molecule has 0 aliphatic heterocycles. The van der Waals surface area contributed by atoms with Crippen LogP contribution in [0.4, 0.5) is 0 Å². The first-order valence-electron chi connectivity index (χ1n) is 11.5. The van der Waals surface area contributed by atoms with E-state index < -0.39 is 53.8 Å². The molecule has 0 heterocycles. The molecule has 8 N–H and O–H groups in total. The second kappa shape index (κ2) is 14.1. The first-order valence-corrected chi connectivity index (χ1v) is 11.5. The maximum absolute atomic E-state index is 13.0. The Balaban J connectivity index is 2.96. The molecule has 0 aromatic heterocycles. The second-order valence-electron chi connectivity index (χ2n) is 9.29. The molecule has 0 bridgehead atoms. The van der Waals surface area contributed by atoms with E-state index in [2.05, 4.69) is 16.0 Å². The molecule has 0 radical (unpaired) electrons. The van der Waals surface area contributed by atoms with Gasteiger partial charge in [0.1, 0.15) is 18.1 Å². The predicted octanol–water partition coefficient (Wildman–Crippen LogP) is -0.327. The van der Waals surface area contributed by atoms with Gasteiger partial charge in [0.2, 0.25) is 23.6 Å². The molecule has 35 heavy (non-hydrogen) atoms. The molecule has 11 nitrogen and oxygen atoms in total. The fourth-order valence-electron chi connectivity index (χ4n) is 3.39. The Labute approximate surface area is 205 Å². The van der Waals surface area contributed by atoms with Crippen molar-refractivity contribution in [3.8, 4) is 0 Å². The zero-order valence-electron chi connectivity index (χ0n) is 20.6. The predicted molar refractivity (Wildman–Crippen MR) is 130 cm³/mol. The number of amides is 4. The van der Waals surface area contributed by atoms with Crippen molar-refractivity contribution in [2.75, 3.05) is 0 Å². The Morgan fingerprint density at radius 2 is 1.43 bits per heavy atom. The number of carboxylic acid groups (broad SMARTS) is 1. The monoisotopic (exact) mass is 491 g/mol. The molecule has 4 atom stereocenters. The number of hydrogen-bond acceptors (Lipinski definition) is 6. The molecule has 4 amide bonds. The Morgan fingerprint density at radius 1 is 0.857 bits per heavy atom. The van der Waals surface area contributed by atoms with Gasteiger partial charge in [-0.15, -0.1) is 0 Å². The number of primary amides is 1. The van der Waals surface area contributed by atoms with Gasteiger partial charge in [-0.05, 0) is 23.8 Å². The van der Waals surface area contributed by atoms with E-state index in [0.717, 1.165) is 5.56 Å². The minimum Gasteiger partial charge on any atom is -0.480 e. The fraction of sp³-hybridized carbons (Fsp3) is 0.542. The van der Waals surface area contributed by atoms with Gasteiger partial charge in [-0.3, -0.25) is 19.2 Å². The molecule has 0 fully saturated rings. The van der Waals surface area contributed by atoms with Crippen LogP contribution < -0.4 is 27.4 Å². The average Bonchev–Trinajstić information content (AvgIpc) is 2.75. The SMILES string of the molecule is CC(C)CC(NC(=O)C(N)CC(N)=O)C(=O)NC(C(=O)NC(Cc1ccccc1)C(=O)O)C(C)C. The summed E-state index contributed by atoms with van der Waals surface area (Å²) in [5.74, 6) is -4.32. The third kappa shape index (κ3) is 10.6. The van der Waals surface area contributed by atoms with E-state index in [4.69, 9.17) is 11.5 Å². The molecule has 1 rings (SSSR count). The summed E-state index contributed by atoms with van der Waals surface area (Å²) < 4.78 is 0. The summed E-state index contributed by atoms with van der Waals surface area (Å²) in [5.41, 5.74) is 11.5. The Bertz CT molecular complexity index is 890. The van der Waals surface area contributed by atoms with Crippen molar-refractivity contribution >= 4 is 29.6 Å². The third-order valence-corrected chi connectivity index (χ3v) is 5.24. The highest BCUT2D eigenvalue weighted by Gasteiger charge is 2.32. The van der Waals surface area contributed by atoms with Crippen LogP contribution in [-0.2, 0) is 30.4 Å². The van der Waals surface area contributed by atoms with E-state index in [0.29, 0.717) is 0 Å². The topological polar surface area (TPSA) is 194 Å². The van der Waals surface area contributed by atoms with Crippen molar-refractivity contribution < 1.29 is 29.1 Å². The number of benzene rings is 1. The molecular formula is C24H37N5O6. The second-order valence-corrected chi connectivity index (χ2v) is 9.29. The van der Waals surface area contributed by atoms with E-state index in [9.17, 15) is 29.1 Å². The van der Waals surface area contributed by atoms with E-state index in [1.165, 1.54) is 0 Å². The number of carboxylic acids is 1. The molecule has 1 aromatic carbocycles. The first-order chi connectivity index (χ1) is 16.3. The average molecular weight is 492 g/mol. The normalized spacial score (nSPS) is 14.5. The fourth-order valence-corrected chi connectivity index (χ4v) is 3.39. The summed E-state index contributed by atoms with van der Waals surface area (Å²) >= 11 is 0. The number of rotatable bonds is 14. The highest BCUT2D eigenvalue weighted by Crippen LogP contribution is 2.10. The third-order valence-electron chi connectivity index (χ3n) is 5.24. The molecular weight excluding hydrogens is 454 g/mol. The Hall–Kier alpha value is -3.47. The lowest BCUT2D eigenvalue weighted by Crippen LogP contribution is -2.59. The zero-order valence-corrected chi connectivity index (χ0v) is 20.6. The van der Waals surface area contributed by atoms with Gasteiger partial charge < -0.3 is 32.5 Å². The molecule has 0 aliphatic rings. The van der Waals surface area contributed by atoms with Gasteiger partial charge >= 0.3 is 5.97 Å². The maximum Gasteiger partial charge on any atom is 0.326 e. The highest BCUT2D eigenvalue weighted by atomic mass is 16.4. The van der Waals surface area contributed by atoms with Crippen molar-refractivity contribution in [3.05, 3.63) is 35.9 Å². The molecule has 0 spiro atoms. The molecule has 0 saturated heterocycles. The van der Waals surface area contributed by atoms with Crippen LogP contribution in [0, 0.1) is 11.8 Å². The number of nitrogens with two attached hydrogens (primary N) is 2. The van der Waals surface area contributed by atoms with Gasteiger partial charge in [-0.25, -0.2) is 4.79 Å². The van der Waals surface area contributed by atoms with Gasteiger partial charge in [-0.1, -0.05) is 58.0 Å². The quantitative estimate of drug-likeness (QED) is 0.205. The minimum absolute atomic E-state index is 0.00649. The van der Waals surface area contributed by atoms with Crippen molar-refractivity contribution in [2.24, 2.45) is 23.3 Å².